The molecule has 0 saturated heterocycles. The van der Waals surface area contributed by atoms with Crippen molar-refractivity contribution in [3.8, 4) is 0 Å². The van der Waals surface area contributed by atoms with Crippen molar-refractivity contribution >= 4 is 0 Å². The number of aliphatic hydroxyl groups is 2. The molecule has 0 radical (unpaired) electrons. The van der Waals surface area contributed by atoms with Gasteiger partial charge in [0, 0.05) is 0 Å². The lowest BCUT2D eigenvalue weighted by molar-refractivity contribution is 0.186. The summed E-state index contributed by atoms with van der Waals surface area (Å²) < 4.78 is 0. The first-order chi connectivity index (χ1) is 4.83. The first-order valence-corrected chi connectivity index (χ1v) is 3.66. The monoisotopic (exact) mass is 146 g/mol. The largest absolute Gasteiger partial charge is 0.394 e. The average Bonchev–Trinajstić information content (AvgIpc) is 2.01. The third-order valence-electron chi connectivity index (χ3n) is 0.791. The summed E-state index contributed by atoms with van der Waals surface area (Å²) in [7, 11) is 0. The van der Waals surface area contributed by atoms with E-state index in [1.807, 2.05) is 0 Å². The first kappa shape index (κ1) is 12.3. The zero-order valence-electron chi connectivity index (χ0n) is 6.88. The number of aliphatic hydroxyl groups excluding tert-OH is 2. The van der Waals surface area contributed by atoms with E-state index in [4.69, 9.17) is 10.2 Å². The van der Waals surface area contributed by atoms with E-state index in [1.165, 1.54) is 12.8 Å². The Labute approximate surface area is 63.2 Å². The molecule has 0 bridgehead atoms. The molecule has 62 valence electrons. The summed E-state index contributed by atoms with van der Waals surface area (Å²) in [5, 5.41) is 15.2. The van der Waals surface area contributed by atoms with Gasteiger partial charge in [-0.2, -0.15) is 0 Å². The van der Waals surface area contributed by atoms with E-state index < -0.39 is 0 Å². The third-order valence-corrected chi connectivity index (χ3v) is 0.791. The zero-order chi connectivity index (χ0) is 8.24. The molecule has 0 aliphatic carbocycles. The van der Waals surface area contributed by atoms with Crippen LogP contribution >= 0.6 is 0 Å². The fourth-order valence-electron chi connectivity index (χ4n) is 0.333. The van der Waals surface area contributed by atoms with E-state index in [0.717, 1.165) is 0 Å². The molecule has 0 spiro atoms. The van der Waals surface area contributed by atoms with E-state index in [1.54, 1.807) is 0 Å². The predicted octanol–water partition coefficient (Wildman–Crippen LogP) is 1.33. The molecular formula is C8H18O2. The molecule has 0 fully saturated rings. The van der Waals surface area contributed by atoms with Crippen LogP contribution in [0.3, 0.4) is 0 Å². The molecule has 0 saturated carbocycles. The van der Waals surface area contributed by atoms with Gasteiger partial charge >= 0.3 is 0 Å². The van der Waals surface area contributed by atoms with Gasteiger partial charge in [-0.25, -0.2) is 0 Å². The van der Waals surface area contributed by atoms with Crippen molar-refractivity contribution in [2.75, 3.05) is 13.2 Å². The second-order valence-electron chi connectivity index (χ2n) is 1.80. The minimum Gasteiger partial charge on any atom is -0.394 e. The summed E-state index contributed by atoms with van der Waals surface area (Å²) in [5.74, 6) is 0. The van der Waals surface area contributed by atoms with Gasteiger partial charge in [-0.1, -0.05) is 25.5 Å². The van der Waals surface area contributed by atoms with Crippen molar-refractivity contribution in [3.63, 3.8) is 0 Å². The predicted molar refractivity (Wildman–Crippen MR) is 43.9 cm³/mol. The van der Waals surface area contributed by atoms with Crippen molar-refractivity contribution in [2.45, 2.75) is 26.7 Å². The summed E-state index contributed by atoms with van der Waals surface area (Å²) in [4.78, 5) is 0. The van der Waals surface area contributed by atoms with Crippen LogP contribution < -0.4 is 0 Å². The Hall–Kier alpha value is -0.340. The molecular weight excluding hydrogens is 128 g/mol. The van der Waals surface area contributed by atoms with Gasteiger partial charge in [-0.05, 0) is 13.3 Å². The van der Waals surface area contributed by atoms with Crippen molar-refractivity contribution in [1.82, 2.24) is 0 Å². The van der Waals surface area contributed by atoms with Crippen molar-refractivity contribution < 1.29 is 10.2 Å². The Morgan fingerprint density at radius 2 is 1.70 bits per heavy atom. The van der Waals surface area contributed by atoms with Crippen LogP contribution in [0.4, 0.5) is 0 Å². The fourth-order valence-corrected chi connectivity index (χ4v) is 0.333. The van der Waals surface area contributed by atoms with Crippen LogP contribution in [-0.4, -0.2) is 23.4 Å². The lowest BCUT2D eigenvalue weighted by Gasteiger charge is -1.76. The van der Waals surface area contributed by atoms with Crippen molar-refractivity contribution in [1.29, 1.82) is 0 Å². The molecule has 2 N–H and O–H groups in total. The molecule has 0 atom stereocenters. The van der Waals surface area contributed by atoms with Gasteiger partial charge in [-0.15, -0.1) is 0 Å². The molecule has 0 aromatic carbocycles. The standard InChI is InChI=1S/C6H12.C2H6O2/c1-3-5-6-4-2;3-1-2-4/h3,5H,4,6H2,1-2H3;3-4H,1-2H2/b5-3+;. The second kappa shape index (κ2) is 15.9. The Morgan fingerprint density at radius 1 is 1.20 bits per heavy atom. The minimum absolute atomic E-state index is 0.125. The number of unbranched alkanes of at least 4 members (excludes halogenated alkanes) is 1. The SMILES string of the molecule is C/C=C/CCC.OCCO. The molecule has 2 heteroatoms. The molecule has 0 aliphatic heterocycles. The number of hydrogen-bond donors (Lipinski definition) is 2. The zero-order valence-corrected chi connectivity index (χ0v) is 6.88. The molecule has 0 aromatic heterocycles. The highest BCUT2D eigenvalue weighted by molar-refractivity contribution is 4.75. The summed E-state index contributed by atoms with van der Waals surface area (Å²) in [6, 6.07) is 0. The maximum atomic E-state index is 7.62. The highest BCUT2D eigenvalue weighted by atomic mass is 16.3. The van der Waals surface area contributed by atoms with E-state index in [-0.39, 0.29) is 13.2 Å². The van der Waals surface area contributed by atoms with Crippen LogP contribution in [0.2, 0.25) is 0 Å². The summed E-state index contributed by atoms with van der Waals surface area (Å²) >= 11 is 0. The molecule has 2 nitrogen and oxygen atoms in total. The molecule has 0 aromatic rings. The van der Waals surface area contributed by atoms with Crippen LogP contribution in [0.15, 0.2) is 12.2 Å². The quantitative estimate of drug-likeness (QED) is 0.590. The van der Waals surface area contributed by atoms with Gasteiger partial charge in [0.2, 0.25) is 0 Å². The van der Waals surface area contributed by atoms with Crippen LogP contribution in [0.1, 0.15) is 26.7 Å². The Bertz CT molecular complexity index is 58.3. The maximum absolute atomic E-state index is 7.62. The Balaban J connectivity index is 0. The summed E-state index contributed by atoms with van der Waals surface area (Å²) in [6.07, 6.45) is 6.77. The number of rotatable bonds is 3. The van der Waals surface area contributed by atoms with Gasteiger partial charge in [0.05, 0.1) is 13.2 Å². The smallest absolute Gasteiger partial charge is 0.0662 e. The van der Waals surface area contributed by atoms with Crippen LogP contribution in [-0.2, 0) is 0 Å². The van der Waals surface area contributed by atoms with Gasteiger partial charge in [-0.3, -0.25) is 0 Å². The first-order valence-electron chi connectivity index (χ1n) is 3.66. The number of hydrogen-bond acceptors (Lipinski definition) is 2. The van der Waals surface area contributed by atoms with E-state index in [9.17, 15) is 0 Å². The maximum Gasteiger partial charge on any atom is 0.0662 e. The van der Waals surface area contributed by atoms with Crippen LogP contribution in [0.25, 0.3) is 0 Å². The average molecular weight is 146 g/mol. The van der Waals surface area contributed by atoms with E-state index in [2.05, 4.69) is 26.0 Å². The van der Waals surface area contributed by atoms with Crippen molar-refractivity contribution in [3.05, 3.63) is 12.2 Å². The molecule has 0 aliphatic rings. The highest BCUT2D eigenvalue weighted by Gasteiger charge is 1.64. The van der Waals surface area contributed by atoms with Gasteiger partial charge < -0.3 is 10.2 Å². The molecule has 0 rings (SSSR count). The Kier molecular flexibility index (Phi) is 19.6. The summed E-state index contributed by atoms with van der Waals surface area (Å²) in [5.41, 5.74) is 0. The topological polar surface area (TPSA) is 40.5 Å². The van der Waals surface area contributed by atoms with Gasteiger partial charge in [0.1, 0.15) is 0 Å². The minimum atomic E-state index is -0.125. The van der Waals surface area contributed by atoms with E-state index in [0.29, 0.717) is 0 Å². The van der Waals surface area contributed by atoms with Gasteiger partial charge in [0.25, 0.3) is 0 Å². The molecule has 10 heavy (non-hydrogen) atoms. The second-order valence-corrected chi connectivity index (χ2v) is 1.80. The van der Waals surface area contributed by atoms with Crippen LogP contribution in [0, 0.1) is 0 Å². The fraction of sp³-hybridized carbons (Fsp3) is 0.750. The van der Waals surface area contributed by atoms with Crippen molar-refractivity contribution in [2.24, 2.45) is 0 Å². The lowest BCUT2D eigenvalue weighted by atomic mass is 10.3. The molecule has 0 heterocycles. The lowest BCUT2D eigenvalue weighted by Crippen LogP contribution is -1.85. The number of allylic oxidation sites excluding steroid dienone is 2. The van der Waals surface area contributed by atoms with Gasteiger partial charge in [0.15, 0.2) is 0 Å². The van der Waals surface area contributed by atoms with Crippen LogP contribution in [0.5, 0.6) is 0 Å². The normalized spacial score (nSPS) is 9.20. The molecule has 0 amide bonds. The third kappa shape index (κ3) is 25.4. The molecule has 0 unspecified atom stereocenters. The Morgan fingerprint density at radius 3 is 1.80 bits per heavy atom. The summed E-state index contributed by atoms with van der Waals surface area (Å²) in [6.45, 7) is 3.98. The van der Waals surface area contributed by atoms with E-state index >= 15 is 0 Å². The highest BCUT2D eigenvalue weighted by Crippen LogP contribution is 1.85.